The minimum absolute atomic E-state index is 0.147. The molecule has 0 aromatic rings. The molecule has 0 amide bonds. The number of nitrogens with one attached hydrogen (secondary N) is 1. The topological polar surface area (TPSA) is 30.5 Å². The van der Waals surface area contributed by atoms with Gasteiger partial charge in [-0.1, -0.05) is 0 Å². The number of alkyl halides is 2. The van der Waals surface area contributed by atoms with Crippen LogP contribution in [-0.2, 0) is 9.57 Å². The Hall–Kier alpha value is 0.350. The van der Waals surface area contributed by atoms with E-state index in [-0.39, 0.29) is 21.2 Å². The summed E-state index contributed by atoms with van der Waals surface area (Å²) in [5.74, 6) is 0. The van der Waals surface area contributed by atoms with Crippen molar-refractivity contribution in [2.75, 3.05) is 11.2 Å². The van der Waals surface area contributed by atoms with Crippen LogP contribution in [0.2, 0.25) is 0 Å². The van der Waals surface area contributed by atoms with Crippen LogP contribution < -0.4 is 26.7 Å². The minimum atomic E-state index is 0.147. The van der Waals surface area contributed by atoms with Gasteiger partial charge in [-0.3, -0.25) is 0 Å². The molecule has 12 heavy (non-hydrogen) atoms. The summed E-state index contributed by atoms with van der Waals surface area (Å²) in [4.78, 5) is 5.18. The summed E-state index contributed by atoms with van der Waals surface area (Å²) in [7, 11) is 0. The third-order valence-corrected chi connectivity index (χ3v) is 6.29. The Kier molecular flexibility index (Phi) is 1.72. The Labute approximate surface area is 81.7 Å². The van der Waals surface area contributed by atoms with Gasteiger partial charge in [0, 0.05) is 0 Å². The van der Waals surface area contributed by atoms with Crippen LogP contribution in [0.25, 0.3) is 0 Å². The van der Waals surface area contributed by atoms with E-state index in [2.05, 4.69) is 17.6 Å². The van der Waals surface area contributed by atoms with Crippen LogP contribution in [0.5, 0.6) is 0 Å². The van der Waals surface area contributed by atoms with Crippen molar-refractivity contribution >= 4 is 0 Å². The van der Waals surface area contributed by atoms with Crippen LogP contribution in [0, 0.1) is 0 Å². The Morgan fingerprint density at radius 1 is 1.50 bits per heavy atom. The summed E-state index contributed by atoms with van der Waals surface area (Å²) in [5.41, 5.74) is 3.02. The van der Waals surface area contributed by atoms with Gasteiger partial charge in [-0.2, -0.15) is 0 Å². The number of fused-ring (bicyclic) bond motifs is 3. The zero-order valence-corrected chi connectivity index (χ0v) is 8.78. The van der Waals surface area contributed by atoms with E-state index in [1.54, 1.807) is 0 Å². The normalized spacial score (nSPS) is 51.3. The van der Waals surface area contributed by atoms with Crippen LogP contribution in [0.15, 0.2) is 12.2 Å². The molecule has 3 aliphatic heterocycles. The van der Waals surface area contributed by atoms with Crippen molar-refractivity contribution in [1.82, 2.24) is 5.48 Å². The van der Waals surface area contributed by atoms with Crippen molar-refractivity contribution in [1.29, 1.82) is 0 Å². The number of hydroxylamine groups is 1. The molecule has 0 saturated carbocycles. The average Bonchev–Trinajstić information content (AvgIpc) is 2.65. The third-order valence-electron chi connectivity index (χ3n) is 2.72. The standard InChI is InChI=1S/C8H11INO2/c1-2-7-8(3-6(1)12-7)4-10-11-5-9-8/h1-2,6-7,10H,3-5H2/q-1. The number of halogens is 1. The van der Waals surface area contributed by atoms with Gasteiger partial charge < -0.3 is 0 Å². The molecule has 3 nitrogen and oxygen atoms in total. The predicted molar refractivity (Wildman–Crippen MR) is 39.1 cm³/mol. The van der Waals surface area contributed by atoms with E-state index in [1.165, 1.54) is 6.42 Å². The second-order valence-electron chi connectivity index (χ2n) is 3.43. The van der Waals surface area contributed by atoms with Crippen LogP contribution in [-0.4, -0.2) is 26.8 Å². The summed E-state index contributed by atoms with van der Waals surface area (Å²) < 4.78 is 7.17. The molecule has 3 rings (SSSR count). The molecule has 0 aromatic carbocycles. The summed E-state index contributed by atoms with van der Waals surface area (Å²) >= 11 is 0.147. The fraction of sp³-hybridized carbons (Fsp3) is 0.750. The van der Waals surface area contributed by atoms with Gasteiger partial charge in [0.1, 0.15) is 0 Å². The first-order valence-electron chi connectivity index (χ1n) is 4.18. The molecule has 1 spiro atoms. The van der Waals surface area contributed by atoms with Gasteiger partial charge in [0.25, 0.3) is 0 Å². The van der Waals surface area contributed by atoms with E-state index in [1.807, 2.05) is 0 Å². The van der Waals surface area contributed by atoms with Crippen molar-refractivity contribution in [2.24, 2.45) is 0 Å². The van der Waals surface area contributed by atoms with Crippen molar-refractivity contribution < 1.29 is 30.8 Å². The number of rotatable bonds is 0. The zero-order chi connectivity index (χ0) is 8.02. The van der Waals surface area contributed by atoms with Gasteiger partial charge in [0.05, 0.1) is 0 Å². The van der Waals surface area contributed by atoms with Crippen molar-refractivity contribution in [2.45, 2.75) is 22.1 Å². The van der Waals surface area contributed by atoms with E-state index in [9.17, 15) is 0 Å². The first-order chi connectivity index (χ1) is 5.89. The molecule has 0 aliphatic carbocycles. The fourth-order valence-corrected chi connectivity index (χ4v) is 5.02. The summed E-state index contributed by atoms with van der Waals surface area (Å²) in [6.07, 6.45) is 6.47. The van der Waals surface area contributed by atoms with Crippen LogP contribution in [0.1, 0.15) is 6.42 Å². The Bertz CT molecular complexity index is 225. The Morgan fingerprint density at radius 3 is 3.08 bits per heavy atom. The van der Waals surface area contributed by atoms with Crippen molar-refractivity contribution in [3.63, 3.8) is 0 Å². The van der Waals surface area contributed by atoms with Crippen molar-refractivity contribution in [3.05, 3.63) is 12.2 Å². The molecule has 0 aromatic heterocycles. The molecule has 0 radical (unpaired) electrons. The molecule has 3 aliphatic rings. The van der Waals surface area contributed by atoms with E-state index >= 15 is 0 Å². The van der Waals surface area contributed by atoms with E-state index in [0.717, 1.165) is 11.2 Å². The van der Waals surface area contributed by atoms with Gasteiger partial charge in [0.15, 0.2) is 0 Å². The second-order valence-corrected chi connectivity index (χ2v) is 6.96. The first-order valence-corrected chi connectivity index (χ1v) is 6.78. The van der Waals surface area contributed by atoms with Gasteiger partial charge in [-0.25, -0.2) is 0 Å². The SMILES string of the molecule is C1=CC2OC1CC21CNOC[I-]1. The Morgan fingerprint density at radius 2 is 2.50 bits per heavy atom. The monoisotopic (exact) mass is 280 g/mol. The quantitative estimate of drug-likeness (QED) is 0.292. The van der Waals surface area contributed by atoms with Gasteiger partial charge in [0.2, 0.25) is 0 Å². The predicted octanol–water partition coefficient (Wildman–Crippen LogP) is -2.97. The average molecular weight is 280 g/mol. The van der Waals surface area contributed by atoms with E-state index in [4.69, 9.17) is 9.57 Å². The zero-order valence-electron chi connectivity index (χ0n) is 6.63. The molecule has 3 atom stereocenters. The fourth-order valence-electron chi connectivity index (χ4n) is 2.06. The van der Waals surface area contributed by atoms with E-state index < -0.39 is 0 Å². The molecule has 4 heteroatoms. The molecule has 3 heterocycles. The molecule has 1 N–H and O–H groups in total. The van der Waals surface area contributed by atoms with Crippen LogP contribution in [0.4, 0.5) is 0 Å². The van der Waals surface area contributed by atoms with Gasteiger partial charge in [-0.05, 0) is 0 Å². The van der Waals surface area contributed by atoms with E-state index in [0.29, 0.717) is 15.6 Å². The molecule has 2 fully saturated rings. The third kappa shape index (κ3) is 0.982. The van der Waals surface area contributed by atoms with Gasteiger partial charge in [-0.15, -0.1) is 0 Å². The second kappa shape index (κ2) is 2.67. The molecule has 3 unspecified atom stereocenters. The molecular formula is C8H11INO2-. The maximum absolute atomic E-state index is 5.79. The van der Waals surface area contributed by atoms with Crippen LogP contribution in [0.3, 0.4) is 0 Å². The summed E-state index contributed by atoms with van der Waals surface area (Å²) in [5, 5.41) is 0. The maximum atomic E-state index is 5.79. The van der Waals surface area contributed by atoms with Crippen LogP contribution >= 0.6 is 0 Å². The molecular weight excluding hydrogens is 269 g/mol. The van der Waals surface area contributed by atoms with Gasteiger partial charge >= 0.3 is 81.6 Å². The first kappa shape index (κ1) is 7.73. The molecule has 68 valence electrons. The number of ether oxygens (including phenoxy) is 1. The molecule has 2 saturated heterocycles. The Balaban J connectivity index is 1.86. The number of hydrogen-bond donors (Lipinski definition) is 1. The number of hydrogen-bond acceptors (Lipinski definition) is 3. The van der Waals surface area contributed by atoms with Crippen molar-refractivity contribution in [3.8, 4) is 0 Å². The summed E-state index contributed by atoms with van der Waals surface area (Å²) in [6, 6.07) is 0. The molecule has 2 bridgehead atoms. The summed E-state index contributed by atoms with van der Waals surface area (Å²) in [6.45, 7) is 0.992.